The van der Waals surface area contributed by atoms with Gasteiger partial charge >= 0.3 is 6.18 Å². The quantitative estimate of drug-likeness (QED) is 0.363. The van der Waals surface area contributed by atoms with Crippen LogP contribution in [0.15, 0.2) is 73.7 Å². The molecule has 1 aliphatic heterocycles. The first-order chi connectivity index (χ1) is 18.7. The molecule has 0 saturated heterocycles. The normalized spacial score (nSPS) is 13.1. The highest BCUT2D eigenvalue weighted by Gasteiger charge is 2.32. The Morgan fingerprint density at radius 2 is 1.90 bits per heavy atom. The van der Waals surface area contributed by atoms with Crippen molar-refractivity contribution in [2.45, 2.75) is 19.5 Å². The molecule has 12 heteroatoms. The minimum atomic E-state index is -4.65. The lowest BCUT2D eigenvalue weighted by atomic mass is 10.1. The van der Waals surface area contributed by atoms with E-state index >= 15 is 0 Å². The van der Waals surface area contributed by atoms with Crippen LogP contribution in [0.1, 0.15) is 37.7 Å². The van der Waals surface area contributed by atoms with Crippen LogP contribution in [0.4, 0.5) is 24.5 Å². The lowest BCUT2D eigenvalue weighted by Gasteiger charge is -2.18. The molecule has 39 heavy (non-hydrogen) atoms. The fraction of sp³-hybridized carbons (Fsp3) is 0.148. The molecule has 4 heterocycles. The first-order valence-electron chi connectivity index (χ1n) is 11.9. The number of hydrogen-bond acceptors (Lipinski definition) is 5. The average molecular weight is 531 g/mol. The smallest absolute Gasteiger partial charge is 0.322 e. The number of aryl methyl sites for hydroxylation is 1. The van der Waals surface area contributed by atoms with Crippen LogP contribution in [0.2, 0.25) is 0 Å². The van der Waals surface area contributed by atoms with Gasteiger partial charge in [0.05, 0.1) is 30.0 Å². The maximum absolute atomic E-state index is 13.6. The molecule has 6 rings (SSSR count). The summed E-state index contributed by atoms with van der Waals surface area (Å²) in [6.45, 7) is 2.15. The van der Waals surface area contributed by atoms with Crippen molar-refractivity contribution in [2.75, 3.05) is 16.8 Å². The Morgan fingerprint density at radius 3 is 2.67 bits per heavy atom. The fourth-order valence-electron chi connectivity index (χ4n) is 4.63. The van der Waals surface area contributed by atoms with Crippen molar-refractivity contribution in [3.8, 4) is 5.69 Å². The number of imidazole rings is 2. The number of fused-ring (bicyclic) bond motifs is 2. The van der Waals surface area contributed by atoms with Gasteiger partial charge in [-0.2, -0.15) is 13.2 Å². The zero-order chi connectivity index (χ0) is 27.3. The van der Waals surface area contributed by atoms with Gasteiger partial charge in [0, 0.05) is 47.8 Å². The molecule has 0 aliphatic carbocycles. The molecule has 0 radical (unpaired) electrons. The Hall–Kier alpha value is -5.00. The summed E-state index contributed by atoms with van der Waals surface area (Å²) in [6, 6.07) is 8.25. The van der Waals surface area contributed by atoms with Crippen molar-refractivity contribution < 1.29 is 22.8 Å². The summed E-state index contributed by atoms with van der Waals surface area (Å²) in [7, 11) is 0. The van der Waals surface area contributed by atoms with E-state index < -0.39 is 17.6 Å². The number of carbonyl (C=O) groups is 2. The molecule has 3 aromatic heterocycles. The van der Waals surface area contributed by atoms with Gasteiger partial charge in [-0.25, -0.2) is 9.97 Å². The Bertz CT molecular complexity index is 1760. The van der Waals surface area contributed by atoms with Gasteiger partial charge in [0.1, 0.15) is 5.69 Å². The second kappa shape index (κ2) is 9.08. The molecule has 5 aromatic rings. The number of carbonyl (C=O) groups excluding carboxylic acids is 2. The number of hydrogen-bond donors (Lipinski definition) is 1. The van der Waals surface area contributed by atoms with Crippen molar-refractivity contribution >= 4 is 28.8 Å². The number of nitrogens with one attached hydrogen (secondary N) is 1. The van der Waals surface area contributed by atoms with E-state index in [9.17, 15) is 22.8 Å². The summed E-state index contributed by atoms with van der Waals surface area (Å²) >= 11 is 0. The molecule has 1 N–H and O–H groups in total. The molecule has 2 amide bonds. The second-order valence-corrected chi connectivity index (χ2v) is 9.14. The topological polar surface area (TPSA) is 97.4 Å². The van der Waals surface area contributed by atoms with E-state index in [1.54, 1.807) is 59.2 Å². The predicted molar refractivity (Wildman–Crippen MR) is 136 cm³/mol. The molecule has 0 bridgehead atoms. The monoisotopic (exact) mass is 531 g/mol. The highest BCUT2D eigenvalue weighted by Crippen LogP contribution is 2.34. The highest BCUT2D eigenvalue weighted by molar-refractivity contribution is 6.08. The Kier molecular flexibility index (Phi) is 5.67. The molecule has 9 nitrogen and oxygen atoms in total. The van der Waals surface area contributed by atoms with Gasteiger partial charge in [0.25, 0.3) is 11.8 Å². The van der Waals surface area contributed by atoms with Gasteiger partial charge in [-0.05, 0) is 49.2 Å². The van der Waals surface area contributed by atoms with Crippen molar-refractivity contribution in [3.05, 3.63) is 102 Å². The summed E-state index contributed by atoms with van der Waals surface area (Å²) in [4.78, 5) is 40.4. The molecule has 1 aliphatic rings. The van der Waals surface area contributed by atoms with Crippen molar-refractivity contribution in [1.29, 1.82) is 0 Å². The minimum absolute atomic E-state index is 0.157. The van der Waals surface area contributed by atoms with Gasteiger partial charge in [-0.15, -0.1) is 0 Å². The zero-order valence-electron chi connectivity index (χ0n) is 20.5. The number of benzene rings is 2. The lowest BCUT2D eigenvalue weighted by Crippen LogP contribution is -2.30. The number of amides is 2. The number of alkyl halides is 3. The van der Waals surface area contributed by atoms with Crippen LogP contribution in [0.25, 0.3) is 11.3 Å². The molecule has 0 saturated carbocycles. The summed E-state index contributed by atoms with van der Waals surface area (Å²) in [5, 5.41) is 2.68. The van der Waals surface area contributed by atoms with E-state index in [-0.39, 0.29) is 17.2 Å². The summed E-state index contributed by atoms with van der Waals surface area (Å²) < 4.78 is 44.0. The summed E-state index contributed by atoms with van der Waals surface area (Å²) in [6.07, 6.45) is 5.17. The third-order valence-electron chi connectivity index (χ3n) is 6.54. The maximum Gasteiger partial charge on any atom is 0.416 e. The van der Waals surface area contributed by atoms with E-state index in [0.29, 0.717) is 41.4 Å². The van der Waals surface area contributed by atoms with Crippen molar-refractivity contribution in [1.82, 2.24) is 23.9 Å². The number of aromatic nitrogens is 5. The fourth-order valence-corrected chi connectivity index (χ4v) is 4.63. The van der Waals surface area contributed by atoms with E-state index in [1.165, 1.54) is 23.2 Å². The van der Waals surface area contributed by atoms with Crippen LogP contribution >= 0.6 is 0 Å². The molecular weight excluding hydrogens is 511 g/mol. The molecule has 0 atom stereocenters. The predicted octanol–water partition coefficient (Wildman–Crippen LogP) is 4.70. The lowest BCUT2D eigenvalue weighted by molar-refractivity contribution is -0.137. The Labute approximate surface area is 219 Å². The van der Waals surface area contributed by atoms with Crippen molar-refractivity contribution in [3.63, 3.8) is 0 Å². The van der Waals surface area contributed by atoms with E-state index in [1.807, 2.05) is 0 Å². The number of nitrogens with zero attached hydrogens (tertiary/aromatic N) is 6. The average Bonchev–Trinajstić information content (AvgIpc) is 3.65. The van der Waals surface area contributed by atoms with Crippen molar-refractivity contribution in [2.24, 2.45) is 0 Å². The van der Waals surface area contributed by atoms with E-state index in [0.717, 1.165) is 17.7 Å². The molecule has 2 aromatic carbocycles. The molecule has 0 fully saturated rings. The standard InChI is InChI=1S/C27H20F3N7O2/c1-16-14-35(15-33-16)21-9-18(8-19(10-21)27(28,29)30)25(38)34-20-3-2-17-4-6-37(22(17)11-20)26(39)23-12-32-24-13-31-5-7-36(23)24/h2-3,5,7-15H,4,6H2,1H3,(H,34,38). The van der Waals surface area contributed by atoms with Crippen LogP contribution in [-0.2, 0) is 12.6 Å². The van der Waals surface area contributed by atoms with Crippen LogP contribution in [0, 0.1) is 6.92 Å². The van der Waals surface area contributed by atoms with Gasteiger partial charge in [0.2, 0.25) is 0 Å². The molecule has 196 valence electrons. The molecule has 0 spiro atoms. The summed E-state index contributed by atoms with van der Waals surface area (Å²) in [5.41, 5.74) is 2.42. The van der Waals surface area contributed by atoms with Gasteiger partial charge < -0.3 is 14.8 Å². The number of anilines is 2. The van der Waals surface area contributed by atoms with Crippen LogP contribution < -0.4 is 10.2 Å². The number of halogens is 3. The largest absolute Gasteiger partial charge is 0.416 e. The van der Waals surface area contributed by atoms with Crippen LogP contribution in [0.5, 0.6) is 0 Å². The van der Waals surface area contributed by atoms with Gasteiger partial charge in [-0.1, -0.05) is 6.07 Å². The SMILES string of the molecule is Cc1cn(-c2cc(C(=O)Nc3ccc4c(c3)N(C(=O)c3cnc5cnccn35)CC4)cc(C(F)(F)F)c2)cn1. The third-order valence-corrected chi connectivity index (χ3v) is 6.54. The zero-order valence-corrected chi connectivity index (χ0v) is 20.5. The minimum Gasteiger partial charge on any atom is -0.322 e. The van der Waals surface area contributed by atoms with Gasteiger partial charge in [0.15, 0.2) is 5.65 Å². The van der Waals surface area contributed by atoms with Crippen LogP contribution in [0.3, 0.4) is 0 Å². The summed E-state index contributed by atoms with van der Waals surface area (Å²) in [5.74, 6) is -0.988. The Balaban J connectivity index is 1.30. The highest BCUT2D eigenvalue weighted by atomic mass is 19.4. The first-order valence-corrected chi connectivity index (χ1v) is 11.9. The molecule has 0 unspecified atom stereocenters. The first kappa shape index (κ1) is 24.3. The number of rotatable bonds is 4. The molecular formula is C27H20F3N7O2. The van der Waals surface area contributed by atoms with E-state index in [4.69, 9.17) is 0 Å². The third kappa shape index (κ3) is 4.49. The Morgan fingerprint density at radius 1 is 1.05 bits per heavy atom. The van der Waals surface area contributed by atoms with E-state index in [2.05, 4.69) is 20.3 Å². The van der Waals surface area contributed by atoms with Gasteiger partial charge in [-0.3, -0.25) is 19.0 Å². The van der Waals surface area contributed by atoms with Crippen LogP contribution in [-0.4, -0.2) is 42.3 Å². The maximum atomic E-state index is 13.6. The second-order valence-electron chi connectivity index (χ2n) is 9.14.